The highest BCUT2D eigenvalue weighted by Crippen LogP contribution is 2.48. The topological polar surface area (TPSA) is 77.0 Å². The van der Waals surface area contributed by atoms with E-state index in [-0.39, 0.29) is 0 Å². The number of nitrogens with two attached hydrogens (primary N) is 2. The van der Waals surface area contributed by atoms with E-state index in [2.05, 4.69) is 17.3 Å². The van der Waals surface area contributed by atoms with E-state index < -0.39 is 0 Å². The Kier molecular flexibility index (Phi) is 2.63. The summed E-state index contributed by atoms with van der Waals surface area (Å²) < 4.78 is 0. The number of hydrazine groups is 1. The maximum atomic E-state index is 5.81. The van der Waals surface area contributed by atoms with Crippen LogP contribution in [0.1, 0.15) is 25.3 Å². The number of hydrogen-bond donors (Lipinski definition) is 3. The van der Waals surface area contributed by atoms with Crippen LogP contribution in [0.25, 0.3) is 0 Å². The summed E-state index contributed by atoms with van der Waals surface area (Å²) in [4.78, 5) is 4.08. The molecule has 4 heteroatoms. The minimum Gasteiger partial charge on any atom is -0.383 e. The molecule has 1 aliphatic carbocycles. The molecule has 1 aromatic rings. The summed E-state index contributed by atoms with van der Waals surface area (Å²) in [5.74, 6) is 6.20. The maximum Gasteiger partial charge on any atom is 0.126 e. The van der Waals surface area contributed by atoms with Crippen molar-refractivity contribution in [3.8, 4) is 0 Å². The third-order valence-electron chi connectivity index (χ3n) is 3.43. The SMILES string of the molecule is CC1(C(Cc2cccnc2N)NN)CC1. The van der Waals surface area contributed by atoms with Gasteiger partial charge in [-0.1, -0.05) is 13.0 Å². The molecule has 0 bridgehead atoms. The number of pyridine rings is 1. The monoisotopic (exact) mass is 206 g/mol. The molecular formula is C11H18N4. The molecular weight excluding hydrogens is 188 g/mol. The van der Waals surface area contributed by atoms with Crippen molar-refractivity contribution in [2.45, 2.75) is 32.2 Å². The zero-order valence-corrected chi connectivity index (χ0v) is 9.03. The highest BCUT2D eigenvalue weighted by atomic mass is 15.2. The van der Waals surface area contributed by atoms with E-state index in [1.165, 1.54) is 12.8 Å². The predicted molar refractivity (Wildman–Crippen MR) is 60.8 cm³/mol. The largest absolute Gasteiger partial charge is 0.383 e. The molecule has 0 saturated heterocycles. The van der Waals surface area contributed by atoms with Gasteiger partial charge in [0.05, 0.1) is 0 Å². The minimum absolute atomic E-state index is 0.295. The van der Waals surface area contributed by atoms with Crippen LogP contribution in [-0.4, -0.2) is 11.0 Å². The molecule has 0 radical (unpaired) electrons. The Hall–Kier alpha value is -1.13. The molecule has 1 fully saturated rings. The number of nitrogen functional groups attached to an aromatic ring is 1. The highest BCUT2D eigenvalue weighted by molar-refractivity contribution is 5.39. The second-order valence-corrected chi connectivity index (χ2v) is 4.63. The second-order valence-electron chi connectivity index (χ2n) is 4.63. The van der Waals surface area contributed by atoms with E-state index in [1.54, 1.807) is 6.20 Å². The molecule has 1 atom stereocenters. The van der Waals surface area contributed by atoms with Gasteiger partial charge >= 0.3 is 0 Å². The quantitative estimate of drug-likeness (QED) is 0.504. The van der Waals surface area contributed by atoms with Crippen molar-refractivity contribution in [3.63, 3.8) is 0 Å². The lowest BCUT2D eigenvalue weighted by Crippen LogP contribution is -2.42. The Morgan fingerprint density at radius 1 is 1.60 bits per heavy atom. The molecule has 0 aromatic carbocycles. The van der Waals surface area contributed by atoms with Crippen molar-refractivity contribution >= 4 is 5.82 Å². The summed E-state index contributed by atoms with van der Waals surface area (Å²) in [6, 6.07) is 4.22. The van der Waals surface area contributed by atoms with E-state index in [0.29, 0.717) is 17.3 Å². The van der Waals surface area contributed by atoms with E-state index in [4.69, 9.17) is 11.6 Å². The van der Waals surface area contributed by atoms with E-state index in [0.717, 1.165) is 12.0 Å². The van der Waals surface area contributed by atoms with Crippen LogP contribution in [-0.2, 0) is 6.42 Å². The molecule has 1 heterocycles. The van der Waals surface area contributed by atoms with Crippen LogP contribution in [0.15, 0.2) is 18.3 Å². The summed E-state index contributed by atoms with van der Waals surface area (Å²) >= 11 is 0. The van der Waals surface area contributed by atoms with Crippen LogP contribution >= 0.6 is 0 Å². The Bertz CT molecular complexity index is 346. The molecule has 4 nitrogen and oxygen atoms in total. The third kappa shape index (κ3) is 2.11. The van der Waals surface area contributed by atoms with Gasteiger partial charge in [0.2, 0.25) is 0 Å². The van der Waals surface area contributed by atoms with Crippen molar-refractivity contribution in [1.29, 1.82) is 0 Å². The second kappa shape index (κ2) is 3.79. The van der Waals surface area contributed by atoms with Gasteiger partial charge in [-0.25, -0.2) is 4.98 Å². The lowest BCUT2D eigenvalue weighted by Gasteiger charge is -2.22. The number of aromatic nitrogens is 1. The van der Waals surface area contributed by atoms with Crippen LogP contribution in [0.5, 0.6) is 0 Å². The van der Waals surface area contributed by atoms with Gasteiger partial charge in [0.15, 0.2) is 0 Å². The van der Waals surface area contributed by atoms with Crippen LogP contribution in [0, 0.1) is 5.41 Å². The van der Waals surface area contributed by atoms with Crippen LogP contribution in [0.3, 0.4) is 0 Å². The van der Waals surface area contributed by atoms with Gasteiger partial charge in [-0.15, -0.1) is 0 Å². The average Bonchev–Trinajstić information content (AvgIpc) is 2.96. The minimum atomic E-state index is 0.295. The summed E-state index contributed by atoms with van der Waals surface area (Å²) in [5.41, 5.74) is 10.1. The Morgan fingerprint density at radius 3 is 2.87 bits per heavy atom. The molecule has 1 saturated carbocycles. The van der Waals surface area contributed by atoms with E-state index in [1.807, 2.05) is 12.1 Å². The Labute approximate surface area is 90.0 Å². The Balaban J connectivity index is 2.10. The van der Waals surface area contributed by atoms with Crippen molar-refractivity contribution in [3.05, 3.63) is 23.9 Å². The Morgan fingerprint density at radius 2 is 2.33 bits per heavy atom. The molecule has 1 unspecified atom stereocenters. The number of nitrogens with zero attached hydrogens (tertiary/aromatic N) is 1. The fraction of sp³-hybridized carbons (Fsp3) is 0.545. The molecule has 5 N–H and O–H groups in total. The maximum absolute atomic E-state index is 5.81. The average molecular weight is 206 g/mol. The summed E-state index contributed by atoms with van der Waals surface area (Å²) in [7, 11) is 0. The first kappa shape index (κ1) is 10.4. The zero-order valence-electron chi connectivity index (χ0n) is 9.03. The number of nitrogens with one attached hydrogen (secondary N) is 1. The standard InChI is InChI=1S/C11H18N4/c1-11(4-5-11)9(15-13)7-8-3-2-6-14-10(8)12/h2-3,6,9,15H,4-5,7,13H2,1H3,(H2,12,14). The first-order chi connectivity index (χ1) is 7.15. The molecule has 1 aromatic heterocycles. The number of anilines is 1. The number of rotatable bonds is 4. The fourth-order valence-electron chi connectivity index (χ4n) is 1.90. The van der Waals surface area contributed by atoms with E-state index in [9.17, 15) is 0 Å². The van der Waals surface area contributed by atoms with Crippen LogP contribution < -0.4 is 17.0 Å². The summed E-state index contributed by atoms with van der Waals surface area (Å²) in [6.07, 6.45) is 5.04. The summed E-state index contributed by atoms with van der Waals surface area (Å²) in [5, 5.41) is 0. The molecule has 0 spiro atoms. The third-order valence-corrected chi connectivity index (χ3v) is 3.43. The lowest BCUT2D eigenvalue weighted by atomic mass is 9.93. The van der Waals surface area contributed by atoms with Gasteiger partial charge in [0.1, 0.15) is 5.82 Å². The molecule has 0 amide bonds. The predicted octanol–water partition coefficient (Wildman–Crippen LogP) is 0.838. The lowest BCUT2D eigenvalue weighted by molar-refractivity contribution is 0.359. The molecule has 15 heavy (non-hydrogen) atoms. The fourth-order valence-corrected chi connectivity index (χ4v) is 1.90. The molecule has 82 valence electrons. The van der Waals surface area contributed by atoms with Gasteiger partial charge in [0, 0.05) is 12.2 Å². The molecule has 2 rings (SSSR count). The van der Waals surface area contributed by atoms with E-state index >= 15 is 0 Å². The van der Waals surface area contributed by atoms with Gasteiger partial charge in [-0.05, 0) is 36.3 Å². The normalized spacial score (nSPS) is 19.9. The molecule has 1 aliphatic rings. The zero-order chi connectivity index (χ0) is 10.9. The highest BCUT2D eigenvalue weighted by Gasteiger charge is 2.44. The summed E-state index contributed by atoms with van der Waals surface area (Å²) in [6.45, 7) is 2.25. The van der Waals surface area contributed by atoms with Crippen molar-refractivity contribution < 1.29 is 0 Å². The smallest absolute Gasteiger partial charge is 0.126 e. The van der Waals surface area contributed by atoms with Crippen molar-refractivity contribution in [2.24, 2.45) is 11.3 Å². The van der Waals surface area contributed by atoms with Gasteiger partial charge in [-0.3, -0.25) is 11.3 Å². The first-order valence-electron chi connectivity index (χ1n) is 5.31. The molecule has 0 aliphatic heterocycles. The first-order valence-corrected chi connectivity index (χ1v) is 5.31. The van der Waals surface area contributed by atoms with Gasteiger partial charge in [-0.2, -0.15) is 0 Å². The van der Waals surface area contributed by atoms with Crippen LogP contribution in [0.4, 0.5) is 5.82 Å². The van der Waals surface area contributed by atoms with Crippen molar-refractivity contribution in [1.82, 2.24) is 10.4 Å². The van der Waals surface area contributed by atoms with Gasteiger partial charge < -0.3 is 5.73 Å². The van der Waals surface area contributed by atoms with Crippen LogP contribution in [0.2, 0.25) is 0 Å². The van der Waals surface area contributed by atoms with Crippen molar-refractivity contribution in [2.75, 3.05) is 5.73 Å². The van der Waals surface area contributed by atoms with Gasteiger partial charge in [0.25, 0.3) is 0 Å². The number of hydrogen-bond acceptors (Lipinski definition) is 4.